The van der Waals surface area contributed by atoms with Crippen LogP contribution >= 0.6 is 11.3 Å². The number of nitriles is 1. The van der Waals surface area contributed by atoms with Crippen molar-refractivity contribution in [3.05, 3.63) is 56.7 Å². The van der Waals surface area contributed by atoms with Gasteiger partial charge < -0.3 is 9.88 Å². The minimum Gasteiger partial charge on any atom is -0.350 e. The van der Waals surface area contributed by atoms with Crippen molar-refractivity contribution < 1.29 is 0 Å². The van der Waals surface area contributed by atoms with Crippen LogP contribution < -0.4 is 5.56 Å². The molecule has 0 saturated heterocycles. The Morgan fingerprint density at radius 2 is 2.18 bits per heavy atom. The number of fused-ring (bicyclic) bond motifs is 1. The van der Waals surface area contributed by atoms with Crippen LogP contribution in [0.25, 0.3) is 15.8 Å². The number of hydrogen-bond donors (Lipinski definition) is 1. The normalized spacial score (nSPS) is 16.2. The average molecular weight is 310 g/mol. The van der Waals surface area contributed by atoms with E-state index in [2.05, 4.69) is 16.0 Å². The number of allylic oxidation sites excluding steroid dienone is 4. The first-order chi connectivity index (χ1) is 10.5. The van der Waals surface area contributed by atoms with Gasteiger partial charge in [0, 0.05) is 18.1 Å². The molecule has 6 heteroatoms. The minimum absolute atomic E-state index is 0.201. The Balaban J connectivity index is 2.28. The maximum atomic E-state index is 12.4. The Hall–Kier alpha value is -2.65. The molecule has 0 amide bonds. The fourth-order valence-electron chi connectivity index (χ4n) is 2.39. The molecule has 0 aromatic carbocycles. The molecule has 110 valence electrons. The Bertz CT molecular complexity index is 953. The van der Waals surface area contributed by atoms with E-state index >= 15 is 0 Å². The summed E-state index contributed by atoms with van der Waals surface area (Å²) in [5.74, 6) is 0.308. The molecule has 1 aliphatic heterocycles. The zero-order valence-electron chi connectivity index (χ0n) is 12.5. The number of aryl methyl sites for hydroxylation is 2. The summed E-state index contributed by atoms with van der Waals surface area (Å²) in [6, 6.07) is 2.16. The maximum absolute atomic E-state index is 12.4. The van der Waals surface area contributed by atoms with Crippen molar-refractivity contribution >= 4 is 27.1 Å². The number of nitrogens with zero attached hydrogens (tertiary/aromatic N) is 3. The van der Waals surface area contributed by atoms with Gasteiger partial charge in [0.2, 0.25) is 0 Å². The SMILES string of the molecule is Cc1sc2nc(/C(C#N)=C3\C=CC=CN3C)[nH]c(=O)c2c1C. The lowest BCUT2D eigenvalue weighted by molar-refractivity contribution is 0.586. The summed E-state index contributed by atoms with van der Waals surface area (Å²) in [4.78, 5) is 23.2. The van der Waals surface area contributed by atoms with Crippen LogP contribution in [-0.2, 0) is 0 Å². The summed E-state index contributed by atoms with van der Waals surface area (Å²) in [6.07, 6.45) is 7.41. The molecule has 0 saturated carbocycles. The Kier molecular flexibility index (Phi) is 3.43. The average Bonchev–Trinajstić information content (AvgIpc) is 2.77. The predicted octanol–water partition coefficient (Wildman–Crippen LogP) is 2.85. The van der Waals surface area contributed by atoms with E-state index in [1.165, 1.54) is 11.3 Å². The van der Waals surface area contributed by atoms with Gasteiger partial charge in [-0.1, -0.05) is 6.08 Å². The molecule has 22 heavy (non-hydrogen) atoms. The molecule has 2 aromatic rings. The van der Waals surface area contributed by atoms with Gasteiger partial charge in [-0.3, -0.25) is 4.79 Å². The third kappa shape index (κ3) is 2.16. The smallest absolute Gasteiger partial charge is 0.260 e. The van der Waals surface area contributed by atoms with E-state index in [4.69, 9.17) is 0 Å². The Morgan fingerprint density at radius 1 is 1.41 bits per heavy atom. The highest BCUT2D eigenvalue weighted by Gasteiger charge is 2.17. The summed E-state index contributed by atoms with van der Waals surface area (Å²) in [5, 5.41) is 10.1. The van der Waals surface area contributed by atoms with Gasteiger partial charge >= 0.3 is 0 Å². The van der Waals surface area contributed by atoms with E-state index in [9.17, 15) is 10.1 Å². The van der Waals surface area contributed by atoms with Crippen LogP contribution in [0, 0.1) is 25.2 Å². The fourth-order valence-corrected chi connectivity index (χ4v) is 3.42. The van der Waals surface area contributed by atoms with Crippen molar-refractivity contribution in [2.75, 3.05) is 7.05 Å². The molecular formula is C16H14N4OS. The molecule has 3 rings (SSSR count). The Morgan fingerprint density at radius 3 is 2.86 bits per heavy atom. The molecule has 1 aliphatic rings. The first-order valence-corrected chi connectivity index (χ1v) is 7.57. The van der Waals surface area contributed by atoms with Crippen LogP contribution in [0.3, 0.4) is 0 Å². The van der Waals surface area contributed by atoms with Crippen molar-refractivity contribution in [1.29, 1.82) is 5.26 Å². The van der Waals surface area contributed by atoms with Gasteiger partial charge in [0.1, 0.15) is 16.5 Å². The van der Waals surface area contributed by atoms with E-state index in [1.54, 1.807) is 0 Å². The lowest BCUT2D eigenvalue weighted by Gasteiger charge is -2.19. The van der Waals surface area contributed by atoms with E-state index < -0.39 is 0 Å². The van der Waals surface area contributed by atoms with E-state index in [0.29, 0.717) is 27.3 Å². The first kappa shape index (κ1) is 14.3. The third-order valence-corrected chi connectivity index (χ3v) is 4.80. The molecular weight excluding hydrogens is 296 g/mol. The molecule has 2 aromatic heterocycles. The summed E-state index contributed by atoms with van der Waals surface area (Å²) >= 11 is 1.47. The number of hydrogen-bond acceptors (Lipinski definition) is 5. The van der Waals surface area contributed by atoms with Crippen molar-refractivity contribution in [3.63, 3.8) is 0 Å². The third-order valence-electron chi connectivity index (χ3n) is 3.70. The molecule has 0 spiro atoms. The van der Waals surface area contributed by atoms with Crippen LogP contribution in [0.5, 0.6) is 0 Å². The summed E-state index contributed by atoms with van der Waals surface area (Å²) in [6.45, 7) is 3.88. The second-order valence-electron chi connectivity index (χ2n) is 5.06. The molecule has 1 N–H and O–H groups in total. The van der Waals surface area contributed by atoms with Gasteiger partial charge in [0.25, 0.3) is 5.56 Å². The van der Waals surface area contributed by atoms with Crippen molar-refractivity contribution in [2.45, 2.75) is 13.8 Å². The number of thiophene rings is 1. The van der Waals surface area contributed by atoms with E-state index in [0.717, 1.165) is 10.4 Å². The molecule has 0 bridgehead atoms. The number of aromatic amines is 1. The quantitative estimate of drug-likeness (QED) is 0.822. The maximum Gasteiger partial charge on any atom is 0.260 e. The van der Waals surface area contributed by atoms with Gasteiger partial charge in [-0.25, -0.2) is 4.98 Å². The molecule has 0 unspecified atom stereocenters. The number of likely N-dealkylation sites (N-methyl/N-ethyl adjacent to an activating group) is 1. The highest BCUT2D eigenvalue weighted by atomic mass is 32.1. The van der Waals surface area contributed by atoms with Crippen LogP contribution in [0.2, 0.25) is 0 Å². The number of rotatable bonds is 1. The van der Waals surface area contributed by atoms with Crippen molar-refractivity contribution in [3.8, 4) is 6.07 Å². The lowest BCUT2D eigenvalue weighted by Crippen LogP contribution is -2.16. The first-order valence-electron chi connectivity index (χ1n) is 6.75. The second-order valence-corrected chi connectivity index (χ2v) is 6.26. The van der Waals surface area contributed by atoms with Gasteiger partial charge in [-0.2, -0.15) is 5.26 Å². The summed E-state index contributed by atoms with van der Waals surface area (Å²) in [5.41, 5.74) is 1.81. The largest absolute Gasteiger partial charge is 0.350 e. The molecule has 0 atom stereocenters. The topological polar surface area (TPSA) is 72.8 Å². The molecule has 3 heterocycles. The molecule has 0 radical (unpaired) electrons. The number of nitrogens with one attached hydrogen (secondary N) is 1. The van der Waals surface area contributed by atoms with Gasteiger partial charge in [0.15, 0.2) is 5.82 Å². The van der Waals surface area contributed by atoms with E-state index in [-0.39, 0.29) is 5.56 Å². The number of H-pyrrole nitrogens is 1. The molecule has 0 fully saturated rings. The van der Waals surface area contributed by atoms with E-state index in [1.807, 2.05) is 50.2 Å². The second kappa shape index (κ2) is 5.28. The molecule has 5 nitrogen and oxygen atoms in total. The fraction of sp³-hybridized carbons (Fsp3) is 0.188. The summed E-state index contributed by atoms with van der Waals surface area (Å²) < 4.78 is 0. The summed E-state index contributed by atoms with van der Waals surface area (Å²) in [7, 11) is 1.85. The van der Waals surface area contributed by atoms with Crippen LogP contribution in [-0.4, -0.2) is 21.9 Å². The number of aromatic nitrogens is 2. The standard InChI is InChI=1S/C16H14N4OS/c1-9-10(2)22-16-13(9)15(21)18-14(19-16)11(8-17)12-6-4-5-7-20(12)3/h4-7H,1-3H3,(H,18,19,21)/b12-11+. The zero-order chi connectivity index (χ0) is 15.9. The lowest BCUT2D eigenvalue weighted by atomic mass is 10.1. The minimum atomic E-state index is -0.201. The Labute approximate surface area is 131 Å². The predicted molar refractivity (Wildman–Crippen MR) is 88.3 cm³/mol. The molecule has 0 aliphatic carbocycles. The van der Waals surface area contributed by atoms with Gasteiger partial charge in [-0.15, -0.1) is 11.3 Å². The van der Waals surface area contributed by atoms with Crippen molar-refractivity contribution in [2.24, 2.45) is 0 Å². The highest BCUT2D eigenvalue weighted by Crippen LogP contribution is 2.27. The van der Waals surface area contributed by atoms with Gasteiger partial charge in [0.05, 0.1) is 11.1 Å². The van der Waals surface area contributed by atoms with Gasteiger partial charge in [-0.05, 0) is 31.6 Å². The van der Waals surface area contributed by atoms with Crippen LogP contribution in [0.1, 0.15) is 16.3 Å². The van der Waals surface area contributed by atoms with Crippen molar-refractivity contribution in [1.82, 2.24) is 14.9 Å². The highest BCUT2D eigenvalue weighted by molar-refractivity contribution is 7.18. The van der Waals surface area contributed by atoms with Crippen LogP contribution in [0.4, 0.5) is 0 Å². The zero-order valence-corrected chi connectivity index (χ0v) is 13.3. The van der Waals surface area contributed by atoms with Crippen LogP contribution in [0.15, 0.2) is 34.9 Å². The monoisotopic (exact) mass is 310 g/mol.